The summed E-state index contributed by atoms with van der Waals surface area (Å²) in [6.45, 7) is 10.2. The molecule has 3 rings (SSSR count). The Kier molecular flexibility index (Phi) is 7.20. The number of thiophene rings is 1. The van der Waals surface area contributed by atoms with E-state index in [0.717, 1.165) is 45.4 Å². The first-order valence-electron chi connectivity index (χ1n) is 9.21. The third-order valence-corrected chi connectivity index (χ3v) is 6.45. The fraction of sp³-hybridized carbons (Fsp3) is 0.130. The van der Waals surface area contributed by atoms with Crippen LogP contribution in [-0.2, 0) is 4.74 Å². The standard InChI is InChI=1S/C23H18F4N2OS2/c1-13(5-6-14(2)23(25,26)27)15(3)30-16(4)31-22-21-19(28-12-29-22)11-20(32-21)17-7-9-18(24)10-8-17/h5-12H,3-4H2,1-2H3. The van der Waals surface area contributed by atoms with Crippen molar-refractivity contribution in [1.82, 2.24) is 9.97 Å². The van der Waals surface area contributed by atoms with Crippen molar-refractivity contribution in [3.05, 3.63) is 89.8 Å². The van der Waals surface area contributed by atoms with Gasteiger partial charge in [0.05, 0.1) is 10.2 Å². The Hall–Kier alpha value is -2.91. The molecule has 0 aliphatic rings. The van der Waals surface area contributed by atoms with Crippen molar-refractivity contribution in [1.29, 1.82) is 0 Å². The molecule has 3 aromatic rings. The Morgan fingerprint density at radius 1 is 1.09 bits per heavy atom. The number of alkyl halides is 3. The second-order valence-corrected chi connectivity index (χ2v) is 8.81. The predicted molar refractivity (Wildman–Crippen MR) is 122 cm³/mol. The molecule has 2 heterocycles. The van der Waals surface area contributed by atoms with Crippen LogP contribution in [0.2, 0.25) is 0 Å². The molecule has 32 heavy (non-hydrogen) atoms. The number of aromatic nitrogens is 2. The largest absolute Gasteiger partial charge is 0.451 e. The maximum atomic E-state index is 13.2. The zero-order valence-corrected chi connectivity index (χ0v) is 18.8. The van der Waals surface area contributed by atoms with Gasteiger partial charge in [0.15, 0.2) is 5.09 Å². The molecule has 3 nitrogen and oxygen atoms in total. The van der Waals surface area contributed by atoms with Crippen molar-refractivity contribution in [3.8, 4) is 10.4 Å². The van der Waals surface area contributed by atoms with E-state index in [-0.39, 0.29) is 16.7 Å². The van der Waals surface area contributed by atoms with E-state index < -0.39 is 11.7 Å². The van der Waals surface area contributed by atoms with Crippen LogP contribution in [-0.4, -0.2) is 16.1 Å². The molecular formula is C23H18F4N2OS2. The second kappa shape index (κ2) is 9.70. The molecule has 0 N–H and O–H groups in total. The van der Waals surface area contributed by atoms with Gasteiger partial charge in [-0.05, 0) is 61.5 Å². The van der Waals surface area contributed by atoms with Gasteiger partial charge in [-0.1, -0.05) is 30.9 Å². The lowest BCUT2D eigenvalue weighted by Gasteiger charge is -2.11. The van der Waals surface area contributed by atoms with Crippen molar-refractivity contribution in [3.63, 3.8) is 0 Å². The van der Waals surface area contributed by atoms with Gasteiger partial charge in [-0.2, -0.15) is 13.2 Å². The summed E-state index contributed by atoms with van der Waals surface area (Å²) in [6.07, 6.45) is -0.704. The molecule has 0 atom stereocenters. The van der Waals surface area contributed by atoms with E-state index in [9.17, 15) is 17.6 Å². The lowest BCUT2D eigenvalue weighted by atomic mass is 10.2. The summed E-state index contributed by atoms with van der Waals surface area (Å²) in [6, 6.07) is 8.06. The van der Waals surface area contributed by atoms with E-state index in [1.54, 1.807) is 19.1 Å². The maximum Gasteiger partial charge on any atom is 0.412 e. The smallest absolute Gasteiger partial charge is 0.412 e. The van der Waals surface area contributed by atoms with E-state index in [1.807, 2.05) is 6.07 Å². The predicted octanol–water partition coefficient (Wildman–Crippen LogP) is 8.05. The normalized spacial score (nSPS) is 12.8. The minimum absolute atomic E-state index is 0.178. The van der Waals surface area contributed by atoms with Gasteiger partial charge in [0, 0.05) is 10.5 Å². The summed E-state index contributed by atoms with van der Waals surface area (Å²) < 4.78 is 57.4. The summed E-state index contributed by atoms with van der Waals surface area (Å²) in [5.41, 5.74) is 1.29. The van der Waals surface area contributed by atoms with Crippen LogP contribution in [0, 0.1) is 5.82 Å². The van der Waals surface area contributed by atoms with Crippen molar-refractivity contribution < 1.29 is 22.3 Å². The van der Waals surface area contributed by atoms with Gasteiger partial charge < -0.3 is 4.74 Å². The highest BCUT2D eigenvalue weighted by molar-refractivity contribution is 8.03. The average Bonchev–Trinajstić information content (AvgIpc) is 3.16. The maximum absolute atomic E-state index is 13.2. The monoisotopic (exact) mass is 478 g/mol. The Morgan fingerprint density at radius 2 is 1.78 bits per heavy atom. The minimum atomic E-state index is -4.38. The first-order valence-corrected chi connectivity index (χ1v) is 10.8. The van der Waals surface area contributed by atoms with Gasteiger partial charge in [0.2, 0.25) is 0 Å². The van der Waals surface area contributed by atoms with Gasteiger partial charge in [-0.15, -0.1) is 11.3 Å². The fourth-order valence-corrected chi connectivity index (χ4v) is 4.35. The van der Waals surface area contributed by atoms with Gasteiger partial charge in [0.1, 0.15) is 22.9 Å². The second-order valence-electron chi connectivity index (χ2n) is 6.71. The molecule has 0 aliphatic carbocycles. The summed E-state index contributed by atoms with van der Waals surface area (Å²) >= 11 is 2.61. The third-order valence-electron chi connectivity index (χ3n) is 4.33. The highest BCUT2D eigenvalue weighted by atomic mass is 32.2. The van der Waals surface area contributed by atoms with Gasteiger partial charge >= 0.3 is 6.18 Å². The Bertz CT molecular complexity index is 1230. The number of hydrogen-bond acceptors (Lipinski definition) is 5. The van der Waals surface area contributed by atoms with Crippen LogP contribution in [0.25, 0.3) is 20.7 Å². The molecule has 0 bridgehead atoms. The molecule has 0 amide bonds. The highest BCUT2D eigenvalue weighted by Gasteiger charge is 2.29. The molecule has 0 fully saturated rings. The molecule has 2 aromatic heterocycles. The Balaban J connectivity index is 1.74. The topological polar surface area (TPSA) is 35.0 Å². The number of halogens is 4. The van der Waals surface area contributed by atoms with Crippen LogP contribution >= 0.6 is 23.1 Å². The minimum Gasteiger partial charge on any atom is -0.451 e. The van der Waals surface area contributed by atoms with Crippen LogP contribution in [0.4, 0.5) is 17.6 Å². The number of rotatable bonds is 7. The molecule has 1 aromatic carbocycles. The highest BCUT2D eigenvalue weighted by Crippen LogP contribution is 2.39. The number of hydrogen-bond donors (Lipinski definition) is 0. The summed E-state index contributed by atoms with van der Waals surface area (Å²) in [5, 5.41) is 0.872. The number of allylic oxidation sites excluding steroid dienone is 4. The number of ether oxygens (including phenoxy) is 1. The van der Waals surface area contributed by atoms with Crippen LogP contribution in [0.1, 0.15) is 13.8 Å². The van der Waals surface area contributed by atoms with Gasteiger partial charge in [-0.3, -0.25) is 0 Å². The fourth-order valence-electron chi connectivity index (χ4n) is 2.45. The van der Waals surface area contributed by atoms with Crippen molar-refractivity contribution in [2.45, 2.75) is 25.0 Å². The van der Waals surface area contributed by atoms with Crippen LogP contribution < -0.4 is 0 Å². The zero-order chi connectivity index (χ0) is 23.5. The van der Waals surface area contributed by atoms with Crippen LogP contribution in [0.3, 0.4) is 0 Å². The van der Waals surface area contributed by atoms with Crippen LogP contribution in [0.5, 0.6) is 0 Å². The van der Waals surface area contributed by atoms with E-state index in [0.29, 0.717) is 10.6 Å². The van der Waals surface area contributed by atoms with E-state index in [4.69, 9.17) is 4.74 Å². The van der Waals surface area contributed by atoms with E-state index >= 15 is 0 Å². The van der Waals surface area contributed by atoms with Crippen molar-refractivity contribution in [2.24, 2.45) is 0 Å². The number of fused-ring (bicyclic) bond motifs is 1. The first kappa shape index (κ1) is 23.7. The number of benzene rings is 1. The lowest BCUT2D eigenvalue weighted by molar-refractivity contribution is -0.0913. The zero-order valence-electron chi connectivity index (χ0n) is 17.2. The Labute approximate surface area is 190 Å². The molecule has 0 saturated carbocycles. The molecule has 0 unspecified atom stereocenters. The molecule has 0 radical (unpaired) electrons. The SMILES string of the molecule is C=C(OC(=C)C(C)=CC=C(C)C(F)(F)F)Sc1ncnc2cc(-c3ccc(F)cc3)sc12. The van der Waals surface area contributed by atoms with Crippen LogP contribution in [0.15, 0.2) is 89.0 Å². The molecular weight excluding hydrogens is 460 g/mol. The van der Waals surface area contributed by atoms with Gasteiger partial charge in [-0.25, -0.2) is 14.4 Å². The average molecular weight is 479 g/mol. The quantitative estimate of drug-likeness (QED) is 0.113. The summed E-state index contributed by atoms with van der Waals surface area (Å²) in [5.74, 6) is -0.134. The van der Waals surface area contributed by atoms with E-state index in [1.165, 1.54) is 35.9 Å². The first-order chi connectivity index (χ1) is 15.0. The summed E-state index contributed by atoms with van der Waals surface area (Å²) in [4.78, 5) is 9.47. The molecule has 9 heteroatoms. The molecule has 0 aliphatic heterocycles. The van der Waals surface area contributed by atoms with Gasteiger partial charge in [0.25, 0.3) is 0 Å². The third kappa shape index (κ3) is 5.86. The number of thioether (sulfide) groups is 1. The molecule has 166 valence electrons. The Morgan fingerprint density at radius 3 is 2.44 bits per heavy atom. The lowest BCUT2D eigenvalue weighted by Crippen LogP contribution is -2.08. The summed E-state index contributed by atoms with van der Waals surface area (Å²) in [7, 11) is 0. The van der Waals surface area contributed by atoms with Crippen molar-refractivity contribution in [2.75, 3.05) is 0 Å². The van der Waals surface area contributed by atoms with Crippen molar-refractivity contribution >= 4 is 33.3 Å². The molecule has 0 spiro atoms. The number of nitrogens with zero attached hydrogens (tertiary/aromatic N) is 2. The molecule has 0 saturated heterocycles. The van der Waals surface area contributed by atoms with E-state index in [2.05, 4.69) is 23.1 Å².